The third-order valence-electron chi connectivity index (χ3n) is 2.98. The molecule has 110 valence electrons. The number of hydrogen-bond donors (Lipinski definition) is 2. The molecular weight excluding hydrogens is 272 g/mol. The predicted molar refractivity (Wildman–Crippen MR) is 80.1 cm³/mol. The molecule has 0 atom stereocenters. The Morgan fingerprint density at radius 3 is 2.48 bits per heavy atom. The van der Waals surface area contributed by atoms with E-state index in [1.807, 2.05) is 0 Å². The van der Waals surface area contributed by atoms with E-state index in [0.717, 1.165) is 4.57 Å². The molecule has 0 aliphatic rings. The molecule has 0 radical (unpaired) electrons. The summed E-state index contributed by atoms with van der Waals surface area (Å²) >= 11 is 0. The Labute approximate surface area is 120 Å². The monoisotopic (exact) mass is 288 g/mol. The number of amides is 1. The van der Waals surface area contributed by atoms with Crippen LogP contribution in [0.1, 0.15) is 6.92 Å². The predicted octanol–water partition coefficient (Wildman–Crippen LogP) is 0.251. The number of nitrogens with one attached hydrogen (secondary N) is 1. The van der Waals surface area contributed by atoms with Crippen molar-refractivity contribution in [2.45, 2.75) is 20.0 Å². The lowest BCUT2D eigenvalue weighted by Crippen LogP contribution is -2.41. The Hall–Kier alpha value is -2.83. The topological polar surface area (TPSA) is 99.1 Å². The van der Waals surface area contributed by atoms with Gasteiger partial charge in [-0.2, -0.15) is 0 Å². The van der Waals surface area contributed by atoms with Crippen LogP contribution >= 0.6 is 0 Å². The minimum absolute atomic E-state index is 0.330. The first-order valence-electron chi connectivity index (χ1n) is 6.47. The van der Waals surface area contributed by atoms with Crippen molar-refractivity contribution in [2.24, 2.45) is 0 Å². The molecule has 1 aromatic carbocycles. The number of aromatic nitrogens is 2. The molecule has 0 fully saturated rings. The molecule has 0 unspecified atom stereocenters. The number of nitrogen functional groups attached to an aromatic ring is 1. The molecule has 2 aromatic rings. The second-order valence-electron chi connectivity index (χ2n) is 4.48. The maximum absolute atomic E-state index is 12.0. The first-order valence-corrected chi connectivity index (χ1v) is 6.47. The van der Waals surface area contributed by atoms with Gasteiger partial charge in [0.05, 0.1) is 0 Å². The maximum Gasteiger partial charge on any atom is 0.331 e. The Morgan fingerprint density at radius 1 is 1.19 bits per heavy atom. The summed E-state index contributed by atoms with van der Waals surface area (Å²) in [5, 5.41) is 2.61. The summed E-state index contributed by atoms with van der Waals surface area (Å²) < 4.78 is 2.26. The molecule has 0 aliphatic carbocycles. The van der Waals surface area contributed by atoms with Crippen molar-refractivity contribution in [3.8, 4) is 0 Å². The number of carbonyl (C=O) groups excluding carboxylic acids is 1. The number of aryl methyl sites for hydroxylation is 1. The van der Waals surface area contributed by atoms with Crippen molar-refractivity contribution < 1.29 is 4.79 Å². The lowest BCUT2D eigenvalue weighted by Gasteiger charge is -2.09. The molecule has 1 heterocycles. The van der Waals surface area contributed by atoms with Crippen LogP contribution < -0.4 is 22.3 Å². The van der Waals surface area contributed by atoms with E-state index in [1.165, 1.54) is 16.8 Å². The molecule has 21 heavy (non-hydrogen) atoms. The molecule has 0 saturated carbocycles. The van der Waals surface area contributed by atoms with Crippen molar-refractivity contribution >= 4 is 17.3 Å². The largest absolute Gasteiger partial charge is 0.399 e. The highest BCUT2D eigenvalue weighted by Gasteiger charge is 2.09. The van der Waals surface area contributed by atoms with E-state index in [-0.39, 0.29) is 6.54 Å². The minimum Gasteiger partial charge on any atom is -0.399 e. The summed E-state index contributed by atoms with van der Waals surface area (Å²) in [7, 11) is 0. The fourth-order valence-corrected chi connectivity index (χ4v) is 1.85. The summed E-state index contributed by atoms with van der Waals surface area (Å²) in [6.07, 6.45) is 1.42. The van der Waals surface area contributed by atoms with Crippen molar-refractivity contribution in [2.75, 3.05) is 11.1 Å². The van der Waals surface area contributed by atoms with Crippen LogP contribution in [0.25, 0.3) is 0 Å². The first-order chi connectivity index (χ1) is 10.0. The summed E-state index contributed by atoms with van der Waals surface area (Å²) in [5.41, 5.74) is 5.68. The van der Waals surface area contributed by atoms with Gasteiger partial charge >= 0.3 is 5.69 Å². The van der Waals surface area contributed by atoms with E-state index in [1.54, 1.807) is 31.2 Å². The van der Waals surface area contributed by atoms with Gasteiger partial charge in [0, 0.05) is 30.2 Å². The van der Waals surface area contributed by atoms with Crippen LogP contribution in [0, 0.1) is 0 Å². The van der Waals surface area contributed by atoms with Gasteiger partial charge in [-0.1, -0.05) is 0 Å². The Morgan fingerprint density at radius 2 is 1.86 bits per heavy atom. The lowest BCUT2D eigenvalue weighted by atomic mass is 10.3. The van der Waals surface area contributed by atoms with Gasteiger partial charge in [-0.3, -0.25) is 14.2 Å². The van der Waals surface area contributed by atoms with Gasteiger partial charge in [-0.15, -0.1) is 0 Å². The molecule has 7 heteroatoms. The molecule has 1 aromatic heterocycles. The smallest absolute Gasteiger partial charge is 0.331 e. The van der Waals surface area contributed by atoms with Crippen molar-refractivity contribution in [3.05, 3.63) is 57.4 Å². The van der Waals surface area contributed by atoms with Crippen LogP contribution in [0.15, 0.2) is 46.1 Å². The Balaban J connectivity index is 2.18. The SMILES string of the molecule is CCn1ccc(=O)n(CC(=O)Nc2ccc(N)cc2)c1=O. The Kier molecular flexibility index (Phi) is 4.22. The summed E-state index contributed by atoms with van der Waals surface area (Å²) in [5.74, 6) is -0.451. The molecule has 0 bridgehead atoms. The highest BCUT2D eigenvalue weighted by Crippen LogP contribution is 2.10. The summed E-state index contributed by atoms with van der Waals surface area (Å²) in [6.45, 7) is 1.88. The number of nitrogens with two attached hydrogens (primary N) is 1. The quantitative estimate of drug-likeness (QED) is 0.788. The zero-order chi connectivity index (χ0) is 15.4. The van der Waals surface area contributed by atoms with Crippen molar-refractivity contribution in [1.82, 2.24) is 9.13 Å². The normalized spacial score (nSPS) is 10.3. The molecular formula is C14H16N4O3. The summed E-state index contributed by atoms with van der Waals surface area (Å²) in [4.78, 5) is 35.6. The van der Waals surface area contributed by atoms with Crippen LogP contribution in [0.5, 0.6) is 0 Å². The second-order valence-corrected chi connectivity index (χ2v) is 4.48. The number of benzene rings is 1. The van der Waals surface area contributed by atoms with Crippen molar-refractivity contribution in [1.29, 1.82) is 0 Å². The molecule has 2 rings (SSSR count). The molecule has 1 amide bonds. The number of nitrogens with zero attached hydrogens (tertiary/aromatic N) is 2. The average Bonchev–Trinajstić information content (AvgIpc) is 2.46. The maximum atomic E-state index is 12.0. The van der Waals surface area contributed by atoms with Gasteiger partial charge < -0.3 is 15.6 Å². The number of hydrogen-bond acceptors (Lipinski definition) is 4. The van der Waals surface area contributed by atoms with E-state index in [9.17, 15) is 14.4 Å². The Bertz CT molecular complexity index is 759. The summed E-state index contributed by atoms with van der Waals surface area (Å²) in [6, 6.07) is 7.85. The molecule has 3 N–H and O–H groups in total. The van der Waals surface area contributed by atoms with Gasteiger partial charge in [0.2, 0.25) is 5.91 Å². The van der Waals surface area contributed by atoms with Gasteiger partial charge in [0.1, 0.15) is 6.54 Å². The van der Waals surface area contributed by atoms with E-state index in [2.05, 4.69) is 5.32 Å². The standard InChI is InChI=1S/C14H16N4O3/c1-2-17-8-7-13(20)18(14(17)21)9-12(19)16-11-5-3-10(15)4-6-11/h3-8H,2,9,15H2,1H3,(H,16,19). The number of rotatable bonds is 4. The van der Waals surface area contributed by atoms with Crippen LogP contribution in [0.4, 0.5) is 11.4 Å². The zero-order valence-electron chi connectivity index (χ0n) is 11.6. The molecule has 7 nitrogen and oxygen atoms in total. The lowest BCUT2D eigenvalue weighted by molar-refractivity contribution is -0.116. The molecule has 0 aliphatic heterocycles. The van der Waals surface area contributed by atoms with E-state index < -0.39 is 17.2 Å². The van der Waals surface area contributed by atoms with Crippen LogP contribution in [-0.2, 0) is 17.9 Å². The van der Waals surface area contributed by atoms with Gasteiger partial charge in [0.25, 0.3) is 5.56 Å². The average molecular weight is 288 g/mol. The van der Waals surface area contributed by atoms with Crippen molar-refractivity contribution in [3.63, 3.8) is 0 Å². The first kappa shape index (κ1) is 14.6. The van der Waals surface area contributed by atoms with E-state index >= 15 is 0 Å². The zero-order valence-corrected chi connectivity index (χ0v) is 11.6. The van der Waals surface area contributed by atoms with Crippen LogP contribution in [-0.4, -0.2) is 15.0 Å². The highest BCUT2D eigenvalue weighted by atomic mass is 16.2. The van der Waals surface area contributed by atoms with Gasteiger partial charge in [0.15, 0.2) is 0 Å². The minimum atomic E-state index is -0.503. The third-order valence-corrected chi connectivity index (χ3v) is 2.98. The third kappa shape index (κ3) is 3.38. The highest BCUT2D eigenvalue weighted by molar-refractivity contribution is 5.90. The van der Waals surface area contributed by atoms with Gasteiger partial charge in [-0.05, 0) is 31.2 Å². The van der Waals surface area contributed by atoms with E-state index in [4.69, 9.17) is 5.73 Å². The number of anilines is 2. The molecule has 0 spiro atoms. The second kappa shape index (κ2) is 6.08. The number of carbonyl (C=O) groups is 1. The van der Waals surface area contributed by atoms with E-state index in [0.29, 0.717) is 17.9 Å². The van der Waals surface area contributed by atoms with Crippen LogP contribution in [0.2, 0.25) is 0 Å². The fourth-order valence-electron chi connectivity index (χ4n) is 1.85. The fraction of sp³-hybridized carbons (Fsp3) is 0.214. The van der Waals surface area contributed by atoms with Crippen LogP contribution in [0.3, 0.4) is 0 Å². The molecule has 0 saturated heterocycles. The van der Waals surface area contributed by atoms with Gasteiger partial charge in [-0.25, -0.2) is 4.79 Å².